The molecule has 1 aromatic heterocycles. The second kappa shape index (κ2) is 14.0. The van der Waals surface area contributed by atoms with Crippen LogP contribution >= 0.6 is 0 Å². The summed E-state index contributed by atoms with van der Waals surface area (Å²) < 4.78 is 18.0. The Morgan fingerprint density at radius 1 is 0.863 bits per heavy atom. The lowest BCUT2D eigenvalue weighted by Crippen LogP contribution is -2.49. The maximum absolute atomic E-state index is 13.4. The second-order valence-corrected chi connectivity index (χ2v) is 14.3. The van der Waals surface area contributed by atoms with Gasteiger partial charge in [0.2, 0.25) is 0 Å². The molecule has 2 heterocycles. The molecule has 9 nitrogen and oxygen atoms in total. The Kier molecular flexibility index (Phi) is 9.29. The van der Waals surface area contributed by atoms with Gasteiger partial charge in [0, 0.05) is 50.4 Å². The zero-order valence-corrected chi connectivity index (χ0v) is 29.5. The Labute approximate surface area is 297 Å². The molecule has 4 aromatic carbocycles. The van der Waals surface area contributed by atoms with Crippen molar-refractivity contribution in [1.82, 2.24) is 4.90 Å². The number of nitrogens with zero attached hydrogens (tertiary/aromatic N) is 2. The number of benzene rings is 4. The third-order valence-corrected chi connectivity index (χ3v) is 9.48. The maximum atomic E-state index is 13.4. The molecule has 9 heteroatoms. The molecule has 0 saturated carbocycles. The number of esters is 1. The fraction of sp³-hybridized carbons (Fsp3) is 0.310. The van der Waals surface area contributed by atoms with Gasteiger partial charge in [-0.1, -0.05) is 66.7 Å². The lowest BCUT2D eigenvalue weighted by molar-refractivity contribution is 0.00705. The summed E-state index contributed by atoms with van der Waals surface area (Å²) in [5.74, 6) is 0.0938. The molecule has 0 unspecified atom stereocenters. The van der Waals surface area contributed by atoms with Crippen LogP contribution in [0.4, 0.5) is 16.4 Å². The number of carbonyl (C=O) groups is 2. The largest absolute Gasteiger partial charge is 0.456 e. The van der Waals surface area contributed by atoms with Crippen LogP contribution in [0.1, 0.15) is 59.3 Å². The molecule has 0 bridgehead atoms. The fourth-order valence-corrected chi connectivity index (χ4v) is 7.09. The first-order chi connectivity index (χ1) is 24.6. The average molecular weight is 686 g/mol. The predicted molar refractivity (Wildman–Crippen MR) is 200 cm³/mol. The quantitative estimate of drug-likeness (QED) is 0.165. The summed E-state index contributed by atoms with van der Waals surface area (Å²) in [4.78, 5) is 43.2. The van der Waals surface area contributed by atoms with E-state index < -0.39 is 5.60 Å². The van der Waals surface area contributed by atoms with Crippen molar-refractivity contribution in [3.05, 3.63) is 129 Å². The first-order valence-corrected chi connectivity index (χ1v) is 17.5. The number of anilines is 2. The molecule has 2 aliphatic rings. The molecule has 0 radical (unpaired) electrons. The van der Waals surface area contributed by atoms with E-state index in [9.17, 15) is 14.4 Å². The van der Waals surface area contributed by atoms with Crippen LogP contribution in [0.25, 0.3) is 22.1 Å². The topological polar surface area (TPSA) is 101 Å². The van der Waals surface area contributed by atoms with Crippen molar-refractivity contribution in [3.63, 3.8) is 0 Å². The van der Waals surface area contributed by atoms with E-state index in [0.717, 1.165) is 11.1 Å². The van der Waals surface area contributed by atoms with Crippen LogP contribution in [0.3, 0.4) is 0 Å². The highest BCUT2D eigenvalue weighted by Gasteiger charge is 2.31. The number of amides is 1. The molecule has 1 aliphatic carbocycles. The maximum Gasteiger partial charge on any atom is 0.409 e. The molecule has 0 spiro atoms. The molecule has 51 heavy (non-hydrogen) atoms. The molecule has 5 aromatic rings. The first-order valence-electron chi connectivity index (χ1n) is 17.5. The monoisotopic (exact) mass is 685 g/mol. The zero-order valence-electron chi connectivity index (χ0n) is 29.5. The molecule has 1 amide bonds. The Morgan fingerprint density at radius 2 is 1.51 bits per heavy atom. The summed E-state index contributed by atoms with van der Waals surface area (Å²) in [6, 6.07) is 29.3. The van der Waals surface area contributed by atoms with Gasteiger partial charge in [-0.25, -0.2) is 9.59 Å². The lowest BCUT2D eigenvalue weighted by atomic mass is 9.98. The van der Waals surface area contributed by atoms with Crippen LogP contribution in [0, 0.1) is 6.92 Å². The highest BCUT2D eigenvalue weighted by molar-refractivity contribution is 5.96. The Bertz CT molecular complexity index is 2110. The molecular formula is C42H43N3O6. The Balaban J connectivity index is 1.00. The van der Waals surface area contributed by atoms with Gasteiger partial charge in [0.25, 0.3) is 0 Å². The molecule has 0 atom stereocenters. The van der Waals surface area contributed by atoms with Gasteiger partial charge >= 0.3 is 12.1 Å². The highest BCUT2D eigenvalue weighted by Crippen LogP contribution is 2.44. The number of nitrogens with one attached hydrogen (secondary N) is 1. The van der Waals surface area contributed by atoms with Crippen molar-refractivity contribution in [2.45, 2.75) is 45.6 Å². The molecule has 1 N–H and O–H groups in total. The molecule has 1 saturated heterocycles. The number of para-hydroxylation sites is 1. The third kappa shape index (κ3) is 7.20. The van der Waals surface area contributed by atoms with Gasteiger partial charge in [-0.3, -0.25) is 4.79 Å². The second-order valence-electron chi connectivity index (χ2n) is 14.3. The van der Waals surface area contributed by atoms with Crippen LogP contribution < -0.4 is 15.6 Å². The highest BCUT2D eigenvalue weighted by atomic mass is 16.6. The van der Waals surface area contributed by atoms with Gasteiger partial charge in [0.1, 0.15) is 17.8 Å². The van der Waals surface area contributed by atoms with Gasteiger partial charge in [-0.2, -0.15) is 0 Å². The summed E-state index contributed by atoms with van der Waals surface area (Å²) in [7, 11) is 0. The van der Waals surface area contributed by atoms with Crippen molar-refractivity contribution in [1.29, 1.82) is 0 Å². The van der Waals surface area contributed by atoms with Crippen LogP contribution in [-0.2, 0) is 15.9 Å². The number of aryl methyl sites for hydroxylation is 1. The Morgan fingerprint density at radius 3 is 2.20 bits per heavy atom. The molecule has 7 rings (SSSR count). The van der Waals surface area contributed by atoms with E-state index in [0.29, 0.717) is 67.2 Å². The minimum absolute atomic E-state index is 0.00210. The first kappa shape index (κ1) is 33.9. The number of rotatable bonds is 8. The van der Waals surface area contributed by atoms with Gasteiger partial charge in [-0.05, 0) is 85.7 Å². The van der Waals surface area contributed by atoms with Crippen LogP contribution in [0.2, 0.25) is 0 Å². The van der Waals surface area contributed by atoms with Crippen molar-refractivity contribution in [3.8, 4) is 11.1 Å². The minimum atomic E-state index is -0.605. The fourth-order valence-electron chi connectivity index (χ4n) is 7.09. The van der Waals surface area contributed by atoms with Gasteiger partial charge < -0.3 is 29.0 Å². The number of hydrogen-bond acceptors (Lipinski definition) is 8. The smallest absolute Gasteiger partial charge is 0.409 e. The lowest BCUT2D eigenvalue weighted by Gasteiger charge is -2.34. The van der Waals surface area contributed by atoms with E-state index >= 15 is 0 Å². The number of ether oxygens (including phenoxy) is 2. The summed E-state index contributed by atoms with van der Waals surface area (Å²) in [5.41, 5.74) is 7.57. The van der Waals surface area contributed by atoms with Gasteiger partial charge in [0.05, 0.1) is 10.9 Å². The molecule has 1 fully saturated rings. The summed E-state index contributed by atoms with van der Waals surface area (Å²) in [6.45, 7) is 10.2. The van der Waals surface area contributed by atoms with Crippen LogP contribution in [0.15, 0.2) is 100 Å². The standard InChI is InChI=1S/C42H43N3O6/c1-27-23-28(17-18-43-36-16-10-9-15-33(36)40(47)51-42(2,3)4)39-34(24-27)37(46)25-38(50-39)44-19-21-45(22-20-44)41(48)49-26-35-31-13-7-5-11-29(31)30-12-6-8-14-32(30)35/h5-16,23-25,35,43H,17-22,26H2,1-4H3. The van der Waals surface area contributed by atoms with E-state index in [-0.39, 0.29) is 30.0 Å². The molecular weight excluding hydrogens is 642 g/mol. The number of fused-ring (bicyclic) bond motifs is 4. The minimum Gasteiger partial charge on any atom is -0.456 e. The van der Waals surface area contributed by atoms with Gasteiger partial charge in [0.15, 0.2) is 11.3 Å². The van der Waals surface area contributed by atoms with Crippen LogP contribution in [-0.4, -0.2) is 61.9 Å². The van der Waals surface area contributed by atoms with Gasteiger partial charge in [-0.15, -0.1) is 0 Å². The van der Waals surface area contributed by atoms with Crippen molar-refractivity contribution in [2.24, 2.45) is 0 Å². The third-order valence-electron chi connectivity index (χ3n) is 9.48. The number of hydrogen-bond donors (Lipinski definition) is 1. The van der Waals surface area contributed by atoms with E-state index in [1.807, 2.05) is 87.2 Å². The van der Waals surface area contributed by atoms with Crippen molar-refractivity contribution >= 4 is 34.6 Å². The van der Waals surface area contributed by atoms with E-state index in [1.165, 1.54) is 22.3 Å². The number of carbonyl (C=O) groups excluding carboxylic acids is 2. The predicted octanol–water partition coefficient (Wildman–Crippen LogP) is 7.78. The molecule has 1 aliphatic heterocycles. The Hall–Kier alpha value is -5.57. The SMILES string of the molecule is Cc1cc(CCNc2ccccc2C(=O)OC(C)(C)C)c2oc(N3CCN(C(=O)OCC4c5ccccc5-c5ccccc54)CC3)cc(=O)c2c1. The zero-order chi connectivity index (χ0) is 35.7. The van der Waals surface area contributed by atoms with E-state index in [2.05, 4.69) is 29.6 Å². The van der Waals surface area contributed by atoms with Crippen molar-refractivity contribution in [2.75, 3.05) is 49.5 Å². The van der Waals surface area contributed by atoms with E-state index in [4.69, 9.17) is 13.9 Å². The summed E-state index contributed by atoms with van der Waals surface area (Å²) in [5, 5.41) is 3.91. The normalized spacial score (nSPS) is 14.3. The molecule has 262 valence electrons. The van der Waals surface area contributed by atoms with E-state index in [1.54, 1.807) is 17.0 Å². The summed E-state index contributed by atoms with van der Waals surface area (Å²) in [6.07, 6.45) is 0.220. The number of piperazine rings is 1. The van der Waals surface area contributed by atoms with Crippen molar-refractivity contribution < 1.29 is 23.5 Å². The average Bonchev–Trinajstić information content (AvgIpc) is 3.44. The summed E-state index contributed by atoms with van der Waals surface area (Å²) >= 11 is 0. The van der Waals surface area contributed by atoms with Crippen LogP contribution in [0.5, 0.6) is 0 Å².